The van der Waals surface area contributed by atoms with E-state index in [0.29, 0.717) is 0 Å². The monoisotopic (exact) mass is 117 g/mol. The molecule has 0 saturated heterocycles. The number of hydrogen-bond donors (Lipinski definition) is 2. The summed E-state index contributed by atoms with van der Waals surface area (Å²) in [6, 6.07) is 0. The van der Waals surface area contributed by atoms with E-state index in [9.17, 15) is 0 Å². The van der Waals surface area contributed by atoms with Crippen LogP contribution in [0.1, 0.15) is 6.92 Å². The zero-order valence-corrected chi connectivity index (χ0v) is 5.59. The molecule has 0 aromatic rings. The zero-order valence-electron chi connectivity index (χ0n) is 5.59. The average molecular weight is 117 g/mol. The van der Waals surface area contributed by atoms with Crippen molar-refractivity contribution >= 4 is 0 Å². The van der Waals surface area contributed by atoms with Crippen LogP contribution < -0.4 is 11.5 Å². The van der Waals surface area contributed by atoms with Gasteiger partial charge in [0, 0.05) is 6.54 Å². The Labute approximate surface area is 50.6 Å². The molecule has 0 bridgehead atoms. The Morgan fingerprint density at radius 1 is 1.50 bits per heavy atom. The van der Waals surface area contributed by atoms with Gasteiger partial charge in [0.1, 0.15) is 0 Å². The molecular formula is C5H15N3. The zero-order chi connectivity index (χ0) is 6.57. The van der Waals surface area contributed by atoms with Crippen LogP contribution in [0, 0.1) is 0 Å². The molecule has 0 spiro atoms. The van der Waals surface area contributed by atoms with Crippen molar-refractivity contribution in [1.29, 1.82) is 0 Å². The van der Waals surface area contributed by atoms with Crippen LogP contribution in [0.2, 0.25) is 0 Å². The van der Waals surface area contributed by atoms with Gasteiger partial charge in [-0.1, -0.05) is 6.92 Å². The van der Waals surface area contributed by atoms with Crippen molar-refractivity contribution in [1.82, 2.24) is 4.90 Å². The van der Waals surface area contributed by atoms with E-state index in [2.05, 4.69) is 11.8 Å². The van der Waals surface area contributed by atoms with Crippen LogP contribution in [0.15, 0.2) is 0 Å². The van der Waals surface area contributed by atoms with E-state index in [-0.39, 0.29) is 6.17 Å². The van der Waals surface area contributed by atoms with Gasteiger partial charge < -0.3 is 16.4 Å². The Bertz CT molecular complexity index is 53.6. The van der Waals surface area contributed by atoms with Gasteiger partial charge in [-0.15, -0.1) is 0 Å². The van der Waals surface area contributed by atoms with Gasteiger partial charge in [0.25, 0.3) is 0 Å². The van der Waals surface area contributed by atoms with Crippen molar-refractivity contribution < 1.29 is 0 Å². The van der Waals surface area contributed by atoms with Gasteiger partial charge in [0.15, 0.2) is 0 Å². The average Bonchev–Trinajstić information content (AvgIpc) is 1.65. The molecule has 8 heavy (non-hydrogen) atoms. The maximum atomic E-state index is 5.30. The fourth-order valence-corrected chi connectivity index (χ4v) is 0.489. The fraction of sp³-hybridized carbons (Fsp3) is 1.00. The van der Waals surface area contributed by atoms with Crippen LogP contribution in [0.25, 0.3) is 0 Å². The lowest BCUT2D eigenvalue weighted by molar-refractivity contribution is 0.329. The van der Waals surface area contributed by atoms with Gasteiger partial charge >= 0.3 is 0 Å². The van der Waals surface area contributed by atoms with Crippen molar-refractivity contribution in [2.45, 2.75) is 13.1 Å². The molecule has 0 rings (SSSR count). The quantitative estimate of drug-likeness (QED) is 0.475. The van der Waals surface area contributed by atoms with E-state index >= 15 is 0 Å². The Hall–Kier alpha value is -0.120. The standard InChI is InChI=1S/C5H15N3/c1-3-8(2)4-5(6)7/h5H,3-4,6-7H2,1-2H3. The van der Waals surface area contributed by atoms with Crippen LogP contribution in [0.5, 0.6) is 0 Å². The minimum Gasteiger partial charge on any atom is -0.315 e. The molecule has 50 valence electrons. The minimum atomic E-state index is -0.194. The van der Waals surface area contributed by atoms with E-state index in [4.69, 9.17) is 11.5 Å². The van der Waals surface area contributed by atoms with Crippen molar-refractivity contribution in [2.24, 2.45) is 11.5 Å². The van der Waals surface area contributed by atoms with Gasteiger partial charge in [-0.05, 0) is 13.6 Å². The smallest absolute Gasteiger partial charge is 0.0652 e. The summed E-state index contributed by atoms with van der Waals surface area (Å²) in [4.78, 5) is 2.07. The Morgan fingerprint density at radius 3 is 2.12 bits per heavy atom. The summed E-state index contributed by atoms with van der Waals surface area (Å²) in [5, 5.41) is 0. The molecule has 4 N–H and O–H groups in total. The largest absolute Gasteiger partial charge is 0.315 e. The molecule has 0 aromatic carbocycles. The van der Waals surface area contributed by atoms with Gasteiger partial charge in [-0.25, -0.2) is 0 Å². The lowest BCUT2D eigenvalue weighted by atomic mass is 10.5. The lowest BCUT2D eigenvalue weighted by Crippen LogP contribution is -2.41. The van der Waals surface area contributed by atoms with E-state index in [1.165, 1.54) is 0 Å². The molecule has 0 aliphatic carbocycles. The molecule has 0 fully saturated rings. The predicted octanol–water partition coefficient (Wildman–Crippen LogP) is -0.818. The van der Waals surface area contributed by atoms with Crippen LogP contribution in [-0.2, 0) is 0 Å². The molecule has 3 heteroatoms. The van der Waals surface area contributed by atoms with Crippen molar-refractivity contribution in [3.63, 3.8) is 0 Å². The third kappa shape index (κ3) is 4.05. The third-order valence-corrected chi connectivity index (χ3v) is 1.06. The predicted molar refractivity (Wildman–Crippen MR) is 35.3 cm³/mol. The Kier molecular flexibility index (Phi) is 3.77. The molecule has 0 saturated carbocycles. The van der Waals surface area contributed by atoms with Crippen molar-refractivity contribution in [3.8, 4) is 0 Å². The second-order valence-corrected chi connectivity index (χ2v) is 2.02. The summed E-state index contributed by atoms with van der Waals surface area (Å²) in [5.41, 5.74) is 10.6. The van der Waals surface area contributed by atoms with Gasteiger partial charge in [0.05, 0.1) is 6.17 Å². The molecule has 0 heterocycles. The highest BCUT2D eigenvalue weighted by atomic mass is 15.1. The highest BCUT2D eigenvalue weighted by Crippen LogP contribution is 1.77. The van der Waals surface area contributed by atoms with Crippen LogP contribution in [-0.4, -0.2) is 31.2 Å². The first-order chi connectivity index (χ1) is 3.66. The second-order valence-electron chi connectivity index (χ2n) is 2.02. The first kappa shape index (κ1) is 7.88. The number of likely N-dealkylation sites (N-methyl/N-ethyl adjacent to an activating group) is 1. The molecular weight excluding hydrogens is 102 g/mol. The van der Waals surface area contributed by atoms with Crippen LogP contribution >= 0.6 is 0 Å². The molecule has 0 atom stereocenters. The normalized spacial score (nSPS) is 11.2. The molecule has 0 unspecified atom stereocenters. The Balaban J connectivity index is 3.10. The number of hydrogen-bond acceptors (Lipinski definition) is 3. The summed E-state index contributed by atoms with van der Waals surface area (Å²) in [7, 11) is 1.99. The molecule has 0 aliphatic rings. The topological polar surface area (TPSA) is 55.3 Å². The molecule has 0 aliphatic heterocycles. The summed E-state index contributed by atoms with van der Waals surface area (Å²) in [6.45, 7) is 3.85. The summed E-state index contributed by atoms with van der Waals surface area (Å²) in [6.07, 6.45) is -0.194. The molecule has 0 amide bonds. The highest BCUT2D eigenvalue weighted by Gasteiger charge is 1.96. The second kappa shape index (κ2) is 3.83. The molecule has 0 aromatic heterocycles. The van der Waals surface area contributed by atoms with Crippen molar-refractivity contribution in [2.75, 3.05) is 20.1 Å². The van der Waals surface area contributed by atoms with E-state index in [0.717, 1.165) is 13.1 Å². The SMILES string of the molecule is CCN(C)CC(N)N. The van der Waals surface area contributed by atoms with Gasteiger partial charge in [0.2, 0.25) is 0 Å². The fourth-order valence-electron chi connectivity index (χ4n) is 0.489. The summed E-state index contributed by atoms with van der Waals surface area (Å²) < 4.78 is 0. The van der Waals surface area contributed by atoms with E-state index in [1.54, 1.807) is 0 Å². The third-order valence-electron chi connectivity index (χ3n) is 1.06. The van der Waals surface area contributed by atoms with Gasteiger partial charge in [-0.3, -0.25) is 0 Å². The van der Waals surface area contributed by atoms with E-state index < -0.39 is 0 Å². The van der Waals surface area contributed by atoms with E-state index in [1.807, 2.05) is 7.05 Å². The first-order valence-electron chi connectivity index (χ1n) is 2.86. The number of nitrogens with zero attached hydrogens (tertiary/aromatic N) is 1. The Morgan fingerprint density at radius 2 is 2.00 bits per heavy atom. The highest BCUT2D eigenvalue weighted by molar-refractivity contribution is 4.55. The summed E-state index contributed by atoms with van der Waals surface area (Å²) in [5.74, 6) is 0. The maximum absolute atomic E-state index is 5.30. The van der Waals surface area contributed by atoms with Gasteiger partial charge in [-0.2, -0.15) is 0 Å². The minimum absolute atomic E-state index is 0.194. The summed E-state index contributed by atoms with van der Waals surface area (Å²) >= 11 is 0. The van der Waals surface area contributed by atoms with Crippen LogP contribution in [0.3, 0.4) is 0 Å². The first-order valence-corrected chi connectivity index (χ1v) is 2.86. The van der Waals surface area contributed by atoms with Crippen LogP contribution in [0.4, 0.5) is 0 Å². The lowest BCUT2D eigenvalue weighted by Gasteiger charge is -2.15. The molecule has 0 radical (unpaired) electrons. The number of nitrogens with two attached hydrogens (primary N) is 2. The number of rotatable bonds is 3. The molecule has 3 nitrogen and oxygen atoms in total. The maximum Gasteiger partial charge on any atom is 0.0652 e. The van der Waals surface area contributed by atoms with Crippen molar-refractivity contribution in [3.05, 3.63) is 0 Å².